The Hall–Kier alpha value is -3.99. The normalized spacial score (nSPS) is 15.4. The fourth-order valence-electron chi connectivity index (χ4n) is 5.37. The molecule has 0 saturated heterocycles. The highest BCUT2D eigenvalue weighted by atomic mass is 16.2. The highest BCUT2D eigenvalue weighted by molar-refractivity contribution is 6.12. The lowest BCUT2D eigenvalue weighted by atomic mass is 9.78. The van der Waals surface area contributed by atoms with Crippen LogP contribution in [0.1, 0.15) is 54.1 Å². The first-order valence-corrected chi connectivity index (χ1v) is 12.7. The molecule has 5 nitrogen and oxygen atoms in total. The Morgan fingerprint density at radius 2 is 1.58 bits per heavy atom. The molecule has 0 radical (unpaired) electrons. The van der Waals surface area contributed by atoms with Crippen LogP contribution in [0.25, 0.3) is 10.9 Å². The number of para-hydroxylation sites is 1. The third-order valence-electron chi connectivity index (χ3n) is 7.24. The molecular weight excluding hydrogens is 446 g/mol. The number of carbonyl (C=O) groups is 2. The first-order valence-electron chi connectivity index (χ1n) is 12.7. The number of fused-ring (bicyclic) bond motifs is 1. The molecule has 182 valence electrons. The van der Waals surface area contributed by atoms with Crippen molar-refractivity contribution in [1.82, 2.24) is 10.3 Å². The standard InChI is InChI=1S/C31H31N3O2/c1-22(33-30(36)31(18-7-8-19-31)24-9-3-2-4-10-24)21-23-13-15-25(16-14-23)34-29(35)27-17-20-32-28-12-6-5-11-26(27)28/h2-6,9-17,20,22H,7-8,18-19,21H2,1H3,(H,33,36)(H,34,35). The van der Waals surface area contributed by atoms with Crippen LogP contribution in [0, 0.1) is 0 Å². The lowest BCUT2D eigenvalue weighted by Gasteiger charge is -2.30. The maximum Gasteiger partial charge on any atom is 0.256 e. The van der Waals surface area contributed by atoms with Crippen molar-refractivity contribution in [2.24, 2.45) is 0 Å². The van der Waals surface area contributed by atoms with Crippen molar-refractivity contribution in [3.8, 4) is 0 Å². The van der Waals surface area contributed by atoms with Crippen LogP contribution >= 0.6 is 0 Å². The lowest BCUT2D eigenvalue weighted by Crippen LogP contribution is -2.46. The van der Waals surface area contributed by atoms with Gasteiger partial charge < -0.3 is 10.6 Å². The second-order valence-electron chi connectivity index (χ2n) is 9.76. The molecule has 1 aliphatic carbocycles. The van der Waals surface area contributed by atoms with E-state index in [2.05, 4.69) is 34.7 Å². The number of aromatic nitrogens is 1. The molecule has 1 aliphatic rings. The number of nitrogens with one attached hydrogen (secondary N) is 2. The summed E-state index contributed by atoms with van der Waals surface area (Å²) in [5.41, 5.74) is 3.93. The summed E-state index contributed by atoms with van der Waals surface area (Å²) >= 11 is 0. The molecule has 0 spiro atoms. The van der Waals surface area contributed by atoms with E-state index in [-0.39, 0.29) is 17.9 Å². The molecule has 36 heavy (non-hydrogen) atoms. The molecule has 1 heterocycles. The highest BCUT2D eigenvalue weighted by Crippen LogP contribution is 2.41. The summed E-state index contributed by atoms with van der Waals surface area (Å²) in [5, 5.41) is 7.10. The van der Waals surface area contributed by atoms with Crippen LogP contribution in [-0.4, -0.2) is 22.8 Å². The van der Waals surface area contributed by atoms with E-state index < -0.39 is 5.41 Å². The molecule has 1 saturated carbocycles. The number of carbonyl (C=O) groups excluding carboxylic acids is 2. The van der Waals surface area contributed by atoms with Gasteiger partial charge in [-0.05, 0) is 61.6 Å². The molecule has 2 amide bonds. The van der Waals surface area contributed by atoms with Crippen LogP contribution in [0.15, 0.2) is 91.1 Å². The third kappa shape index (κ3) is 4.87. The Kier molecular flexibility index (Phi) is 6.81. The molecule has 1 atom stereocenters. The van der Waals surface area contributed by atoms with Gasteiger partial charge in [-0.2, -0.15) is 0 Å². The summed E-state index contributed by atoms with van der Waals surface area (Å²) in [7, 11) is 0. The van der Waals surface area contributed by atoms with Gasteiger partial charge in [0, 0.05) is 23.3 Å². The predicted octanol–water partition coefficient (Wildman–Crippen LogP) is 6.05. The predicted molar refractivity (Wildman–Crippen MR) is 144 cm³/mol. The van der Waals surface area contributed by atoms with Crippen LogP contribution in [0.3, 0.4) is 0 Å². The van der Waals surface area contributed by atoms with Gasteiger partial charge in [-0.1, -0.05) is 73.5 Å². The van der Waals surface area contributed by atoms with Crippen LogP contribution in [0.4, 0.5) is 5.69 Å². The van der Waals surface area contributed by atoms with Gasteiger partial charge in [0.15, 0.2) is 0 Å². The smallest absolute Gasteiger partial charge is 0.256 e. The molecular formula is C31H31N3O2. The van der Waals surface area contributed by atoms with Crippen LogP contribution in [-0.2, 0) is 16.6 Å². The molecule has 5 rings (SSSR count). The van der Waals surface area contributed by atoms with Crippen molar-refractivity contribution < 1.29 is 9.59 Å². The summed E-state index contributed by atoms with van der Waals surface area (Å²) in [6.45, 7) is 2.05. The Bertz CT molecular complexity index is 1350. The van der Waals surface area contributed by atoms with Gasteiger partial charge >= 0.3 is 0 Å². The molecule has 1 unspecified atom stereocenters. The van der Waals surface area contributed by atoms with Crippen molar-refractivity contribution in [2.75, 3.05) is 5.32 Å². The Morgan fingerprint density at radius 3 is 2.33 bits per heavy atom. The summed E-state index contributed by atoms with van der Waals surface area (Å²) in [6.07, 6.45) is 6.34. The molecule has 2 N–H and O–H groups in total. The van der Waals surface area contributed by atoms with Gasteiger partial charge in [0.25, 0.3) is 5.91 Å². The first kappa shape index (κ1) is 23.7. The average Bonchev–Trinajstić information content (AvgIpc) is 3.41. The molecule has 0 aliphatic heterocycles. The number of hydrogen-bond donors (Lipinski definition) is 2. The van der Waals surface area contributed by atoms with Gasteiger partial charge in [-0.15, -0.1) is 0 Å². The topological polar surface area (TPSA) is 71.1 Å². The van der Waals surface area contributed by atoms with Gasteiger partial charge in [0.05, 0.1) is 16.5 Å². The minimum Gasteiger partial charge on any atom is -0.353 e. The summed E-state index contributed by atoms with van der Waals surface area (Å²) in [6, 6.07) is 27.4. The van der Waals surface area contributed by atoms with Gasteiger partial charge in [0.2, 0.25) is 5.91 Å². The number of benzene rings is 3. The van der Waals surface area contributed by atoms with E-state index in [0.29, 0.717) is 5.56 Å². The van der Waals surface area contributed by atoms with E-state index in [1.54, 1.807) is 12.3 Å². The lowest BCUT2D eigenvalue weighted by molar-refractivity contribution is -0.127. The maximum absolute atomic E-state index is 13.4. The van der Waals surface area contributed by atoms with Crippen molar-refractivity contribution in [2.45, 2.75) is 50.5 Å². The highest BCUT2D eigenvalue weighted by Gasteiger charge is 2.42. The molecule has 5 heteroatoms. The van der Waals surface area contributed by atoms with E-state index in [0.717, 1.165) is 59.8 Å². The largest absolute Gasteiger partial charge is 0.353 e. The number of amides is 2. The summed E-state index contributed by atoms with van der Waals surface area (Å²) in [4.78, 5) is 30.6. The van der Waals surface area contributed by atoms with Crippen molar-refractivity contribution in [1.29, 1.82) is 0 Å². The molecule has 4 aromatic rings. The molecule has 1 aromatic heterocycles. The second kappa shape index (κ2) is 10.3. The zero-order valence-electron chi connectivity index (χ0n) is 20.5. The number of hydrogen-bond acceptors (Lipinski definition) is 3. The Labute approximate surface area is 212 Å². The fraction of sp³-hybridized carbons (Fsp3) is 0.258. The van der Waals surface area contributed by atoms with E-state index in [1.165, 1.54) is 0 Å². The van der Waals surface area contributed by atoms with Crippen molar-refractivity contribution >= 4 is 28.4 Å². The Morgan fingerprint density at radius 1 is 0.889 bits per heavy atom. The zero-order valence-corrected chi connectivity index (χ0v) is 20.5. The quantitative estimate of drug-likeness (QED) is 0.341. The van der Waals surface area contributed by atoms with Crippen LogP contribution in [0.5, 0.6) is 0 Å². The summed E-state index contributed by atoms with van der Waals surface area (Å²) in [5.74, 6) is -0.0306. The van der Waals surface area contributed by atoms with E-state index in [4.69, 9.17) is 0 Å². The van der Waals surface area contributed by atoms with Crippen LogP contribution in [0.2, 0.25) is 0 Å². The number of anilines is 1. The number of nitrogens with zero attached hydrogens (tertiary/aromatic N) is 1. The third-order valence-corrected chi connectivity index (χ3v) is 7.24. The minimum atomic E-state index is -0.416. The first-order chi connectivity index (χ1) is 17.5. The fourth-order valence-corrected chi connectivity index (χ4v) is 5.37. The maximum atomic E-state index is 13.4. The van der Waals surface area contributed by atoms with Crippen LogP contribution < -0.4 is 10.6 Å². The summed E-state index contributed by atoms with van der Waals surface area (Å²) < 4.78 is 0. The Balaban J connectivity index is 1.22. The SMILES string of the molecule is CC(Cc1ccc(NC(=O)c2ccnc3ccccc23)cc1)NC(=O)C1(c2ccccc2)CCCC1. The zero-order chi connectivity index (χ0) is 25.0. The van der Waals surface area contributed by atoms with E-state index in [1.807, 2.05) is 66.7 Å². The van der Waals surface area contributed by atoms with E-state index in [9.17, 15) is 9.59 Å². The van der Waals surface area contributed by atoms with Crippen molar-refractivity contribution in [3.05, 3.63) is 108 Å². The number of pyridine rings is 1. The molecule has 0 bridgehead atoms. The molecule has 1 fully saturated rings. The van der Waals surface area contributed by atoms with Gasteiger partial charge in [-0.25, -0.2) is 0 Å². The van der Waals surface area contributed by atoms with Gasteiger partial charge in [0.1, 0.15) is 0 Å². The van der Waals surface area contributed by atoms with Gasteiger partial charge in [-0.3, -0.25) is 14.6 Å². The molecule has 3 aromatic carbocycles. The average molecular weight is 478 g/mol. The minimum absolute atomic E-state index is 0.00214. The monoisotopic (exact) mass is 477 g/mol. The second-order valence-corrected chi connectivity index (χ2v) is 9.76. The van der Waals surface area contributed by atoms with E-state index >= 15 is 0 Å². The number of rotatable bonds is 7. The van der Waals surface area contributed by atoms with Crippen molar-refractivity contribution in [3.63, 3.8) is 0 Å².